The third-order valence-corrected chi connectivity index (χ3v) is 1.96. The summed E-state index contributed by atoms with van der Waals surface area (Å²) in [7, 11) is 0. The molecule has 1 amide bonds. The number of carbonyl (C=O) groups excluding carboxylic acids is 1. The molecule has 12 heavy (non-hydrogen) atoms. The number of hydrogen-bond donors (Lipinski definition) is 2. The molecule has 1 atom stereocenters. The predicted molar refractivity (Wildman–Crippen MR) is 41.0 cm³/mol. The third kappa shape index (κ3) is 1.94. The number of rotatable bonds is 3. The summed E-state index contributed by atoms with van der Waals surface area (Å²) in [4.78, 5) is 12.6. The molecule has 1 fully saturated rings. The summed E-state index contributed by atoms with van der Waals surface area (Å²) >= 11 is 0. The average Bonchev–Trinajstić information content (AvgIpc) is 2.09. The van der Waals surface area contributed by atoms with Crippen LogP contribution in [0.4, 0.5) is 0 Å². The van der Waals surface area contributed by atoms with Crippen molar-refractivity contribution in [1.29, 1.82) is 0 Å². The van der Waals surface area contributed by atoms with Crippen LogP contribution in [0.5, 0.6) is 0 Å². The van der Waals surface area contributed by atoms with Gasteiger partial charge in [-0.05, 0) is 0 Å². The van der Waals surface area contributed by atoms with Crippen molar-refractivity contribution in [2.24, 2.45) is 0 Å². The number of aliphatic hydroxyl groups excluding tert-OH is 1. The molecule has 1 aliphatic heterocycles. The first-order valence-corrected chi connectivity index (χ1v) is 3.98. The minimum absolute atomic E-state index is 0.0846. The predicted octanol–water partition coefficient (Wildman–Crippen LogP) is -1.79. The Morgan fingerprint density at radius 3 is 3.00 bits per heavy atom. The standard InChI is InChI=1S/C7H13N2O3/c10-2-1-9-6(5-11)3-8-4-7(9)12/h6,8,11H,1-5H2. The van der Waals surface area contributed by atoms with Gasteiger partial charge in [0.15, 0.2) is 0 Å². The number of carbonyl (C=O) groups is 1. The molecule has 1 unspecified atom stereocenters. The van der Waals surface area contributed by atoms with Crippen LogP contribution < -0.4 is 5.32 Å². The molecule has 1 aliphatic rings. The molecule has 5 heteroatoms. The van der Waals surface area contributed by atoms with Crippen LogP contribution >= 0.6 is 0 Å². The van der Waals surface area contributed by atoms with Crippen LogP contribution in [-0.4, -0.2) is 54.8 Å². The fourth-order valence-corrected chi connectivity index (χ4v) is 1.33. The quantitative estimate of drug-likeness (QED) is 0.529. The molecule has 2 N–H and O–H groups in total. The smallest absolute Gasteiger partial charge is 0.236 e. The van der Waals surface area contributed by atoms with E-state index in [1.165, 1.54) is 4.90 Å². The van der Waals surface area contributed by atoms with Gasteiger partial charge in [0.1, 0.15) is 0 Å². The molecule has 69 valence electrons. The molecule has 0 aromatic heterocycles. The lowest BCUT2D eigenvalue weighted by molar-refractivity contribution is -0.136. The van der Waals surface area contributed by atoms with Crippen molar-refractivity contribution < 1.29 is 15.0 Å². The minimum Gasteiger partial charge on any atom is -0.394 e. The van der Waals surface area contributed by atoms with Gasteiger partial charge in [-0.1, -0.05) is 0 Å². The van der Waals surface area contributed by atoms with Crippen LogP contribution in [0.25, 0.3) is 0 Å². The fraction of sp³-hybridized carbons (Fsp3) is 0.857. The van der Waals surface area contributed by atoms with Gasteiger partial charge >= 0.3 is 0 Å². The highest BCUT2D eigenvalue weighted by Crippen LogP contribution is 2.02. The lowest BCUT2D eigenvalue weighted by Gasteiger charge is -2.34. The van der Waals surface area contributed by atoms with Crippen molar-refractivity contribution in [2.45, 2.75) is 6.04 Å². The average molecular weight is 173 g/mol. The summed E-state index contributed by atoms with van der Waals surface area (Å²) in [5.74, 6) is -0.101. The van der Waals surface area contributed by atoms with Gasteiger partial charge < -0.3 is 15.3 Å². The van der Waals surface area contributed by atoms with Gasteiger partial charge in [-0.15, -0.1) is 0 Å². The van der Waals surface area contributed by atoms with E-state index in [9.17, 15) is 9.90 Å². The number of aliphatic hydroxyl groups is 1. The summed E-state index contributed by atoms with van der Waals surface area (Å²) in [5, 5.41) is 22.0. The molecule has 0 saturated carbocycles. The third-order valence-electron chi connectivity index (χ3n) is 1.96. The van der Waals surface area contributed by atoms with Gasteiger partial charge in [0.05, 0.1) is 25.8 Å². The fourth-order valence-electron chi connectivity index (χ4n) is 1.33. The number of piperazine rings is 1. The van der Waals surface area contributed by atoms with Crippen molar-refractivity contribution in [2.75, 3.05) is 32.8 Å². The second kappa shape index (κ2) is 4.39. The molecule has 1 rings (SSSR count). The van der Waals surface area contributed by atoms with Crippen molar-refractivity contribution >= 4 is 5.91 Å². The van der Waals surface area contributed by atoms with Gasteiger partial charge in [-0.2, -0.15) is 0 Å². The number of nitrogens with one attached hydrogen (secondary N) is 1. The molecule has 0 spiro atoms. The van der Waals surface area contributed by atoms with Crippen LogP contribution in [0.3, 0.4) is 0 Å². The molecule has 5 nitrogen and oxygen atoms in total. The van der Waals surface area contributed by atoms with E-state index in [-0.39, 0.29) is 38.3 Å². The van der Waals surface area contributed by atoms with Crippen LogP contribution in [0.2, 0.25) is 0 Å². The SMILES string of the molecule is [O]CCN1C(=O)CNCC1CO. The Morgan fingerprint density at radius 2 is 2.42 bits per heavy atom. The second-order valence-electron chi connectivity index (χ2n) is 2.76. The Balaban J connectivity index is 2.53. The van der Waals surface area contributed by atoms with Gasteiger partial charge in [-0.25, -0.2) is 5.11 Å². The van der Waals surface area contributed by atoms with E-state index in [1.807, 2.05) is 0 Å². The van der Waals surface area contributed by atoms with Crippen LogP contribution in [0, 0.1) is 0 Å². The highest BCUT2D eigenvalue weighted by Gasteiger charge is 2.26. The Morgan fingerprint density at radius 1 is 1.67 bits per heavy atom. The summed E-state index contributed by atoms with van der Waals surface area (Å²) in [6.07, 6.45) is 0. The van der Waals surface area contributed by atoms with Crippen LogP contribution in [0.15, 0.2) is 0 Å². The lowest BCUT2D eigenvalue weighted by Crippen LogP contribution is -2.56. The largest absolute Gasteiger partial charge is 0.394 e. The zero-order valence-corrected chi connectivity index (χ0v) is 6.82. The topological polar surface area (TPSA) is 72.5 Å². The normalized spacial score (nSPS) is 24.7. The van der Waals surface area contributed by atoms with Gasteiger partial charge in [0.2, 0.25) is 5.91 Å². The molecule has 1 saturated heterocycles. The van der Waals surface area contributed by atoms with Crippen molar-refractivity contribution in [1.82, 2.24) is 10.2 Å². The molecule has 0 aliphatic carbocycles. The maximum Gasteiger partial charge on any atom is 0.236 e. The molecule has 1 radical (unpaired) electrons. The monoisotopic (exact) mass is 173 g/mol. The number of hydrogen-bond acceptors (Lipinski definition) is 3. The molecular formula is C7H13N2O3. The molecule has 0 aromatic carbocycles. The second-order valence-corrected chi connectivity index (χ2v) is 2.76. The molecule has 0 bridgehead atoms. The van der Waals surface area contributed by atoms with Gasteiger partial charge in [0, 0.05) is 13.1 Å². The maximum atomic E-state index is 11.2. The van der Waals surface area contributed by atoms with Crippen LogP contribution in [0.1, 0.15) is 0 Å². The number of nitrogens with zero attached hydrogens (tertiary/aromatic N) is 1. The Hall–Kier alpha value is -0.650. The highest BCUT2D eigenvalue weighted by atomic mass is 16.3. The van der Waals surface area contributed by atoms with E-state index >= 15 is 0 Å². The van der Waals surface area contributed by atoms with E-state index in [2.05, 4.69) is 5.32 Å². The van der Waals surface area contributed by atoms with E-state index in [4.69, 9.17) is 5.11 Å². The van der Waals surface area contributed by atoms with Crippen molar-refractivity contribution in [3.63, 3.8) is 0 Å². The summed E-state index contributed by atoms with van der Waals surface area (Å²) in [5.41, 5.74) is 0. The summed E-state index contributed by atoms with van der Waals surface area (Å²) in [6.45, 7) is 0.658. The van der Waals surface area contributed by atoms with E-state index in [0.29, 0.717) is 6.54 Å². The lowest BCUT2D eigenvalue weighted by atomic mass is 10.2. The molecular weight excluding hydrogens is 160 g/mol. The zero-order chi connectivity index (χ0) is 8.97. The number of amides is 1. The highest BCUT2D eigenvalue weighted by molar-refractivity contribution is 5.79. The maximum absolute atomic E-state index is 11.2. The Bertz CT molecular complexity index is 163. The van der Waals surface area contributed by atoms with E-state index in [0.717, 1.165) is 0 Å². The van der Waals surface area contributed by atoms with Crippen molar-refractivity contribution in [3.05, 3.63) is 0 Å². The molecule has 1 heterocycles. The van der Waals surface area contributed by atoms with Gasteiger partial charge in [0.25, 0.3) is 0 Å². The first-order valence-electron chi connectivity index (χ1n) is 3.98. The first-order chi connectivity index (χ1) is 5.79. The zero-order valence-electron chi connectivity index (χ0n) is 6.82. The Labute approximate surface area is 71.0 Å². The van der Waals surface area contributed by atoms with E-state index in [1.54, 1.807) is 0 Å². The summed E-state index contributed by atoms with van der Waals surface area (Å²) in [6, 6.07) is -0.222. The van der Waals surface area contributed by atoms with E-state index < -0.39 is 0 Å². The Kier molecular flexibility index (Phi) is 3.46. The summed E-state index contributed by atoms with van der Waals surface area (Å²) < 4.78 is 0. The minimum atomic E-state index is -0.303. The first kappa shape index (κ1) is 9.44. The molecule has 0 aromatic rings. The van der Waals surface area contributed by atoms with Crippen molar-refractivity contribution in [3.8, 4) is 0 Å². The van der Waals surface area contributed by atoms with Gasteiger partial charge in [-0.3, -0.25) is 4.79 Å². The van der Waals surface area contributed by atoms with Crippen LogP contribution in [-0.2, 0) is 9.90 Å².